The van der Waals surface area contributed by atoms with Gasteiger partial charge in [0.25, 0.3) is 0 Å². The van der Waals surface area contributed by atoms with Crippen LogP contribution in [0.4, 0.5) is 0 Å². The third-order valence-corrected chi connectivity index (χ3v) is 5.77. The Hall–Kier alpha value is -1.52. The van der Waals surface area contributed by atoms with Gasteiger partial charge in [0.1, 0.15) is 5.78 Å². The highest BCUT2D eigenvalue weighted by molar-refractivity contribution is 7.11. The molecule has 1 saturated heterocycles. The molecule has 0 aliphatic carbocycles. The Morgan fingerprint density at radius 2 is 2.12 bits per heavy atom. The van der Waals surface area contributed by atoms with Crippen LogP contribution in [0.25, 0.3) is 0 Å². The van der Waals surface area contributed by atoms with Gasteiger partial charge in [-0.15, -0.1) is 11.3 Å². The van der Waals surface area contributed by atoms with Crippen LogP contribution in [0.1, 0.15) is 40.9 Å². The van der Waals surface area contributed by atoms with Gasteiger partial charge in [-0.2, -0.15) is 0 Å². The maximum Gasteiger partial charge on any atom is 0.141 e. The van der Waals surface area contributed by atoms with Crippen LogP contribution in [0.15, 0.2) is 30.3 Å². The number of rotatable bonds is 6. The van der Waals surface area contributed by atoms with E-state index in [1.807, 2.05) is 41.7 Å². The van der Waals surface area contributed by atoms with Crippen LogP contribution < -0.4 is 0 Å². The van der Waals surface area contributed by atoms with Crippen molar-refractivity contribution in [2.75, 3.05) is 13.1 Å². The molecule has 3 nitrogen and oxygen atoms in total. The Morgan fingerprint density at radius 3 is 2.88 bits per heavy atom. The maximum atomic E-state index is 12.7. The van der Waals surface area contributed by atoms with Crippen LogP contribution >= 0.6 is 11.3 Å². The monoisotopic (exact) mass is 342 g/mol. The quantitative estimate of drug-likeness (QED) is 0.794. The number of hydrogen-bond acceptors (Lipinski definition) is 4. The number of carbonyl (C=O) groups excluding carboxylic acids is 1. The molecule has 2 heterocycles. The van der Waals surface area contributed by atoms with Gasteiger partial charge in [-0.05, 0) is 38.3 Å². The number of likely N-dealkylation sites (tertiary alicyclic amines) is 1. The van der Waals surface area contributed by atoms with Crippen LogP contribution in [-0.4, -0.2) is 28.8 Å². The lowest BCUT2D eigenvalue weighted by Gasteiger charge is -2.31. The van der Waals surface area contributed by atoms with Crippen molar-refractivity contribution in [2.45, 2.75) is 46.1 Å². The number of piperidine rings is 1. The number of Topliss-reactive ketones (excluding diaryl/α,β-unsaturated/α-hetero) is 1. The summed E-state index contributed by atoms with van der Waals surface area (Å²) in [4.78, 5) is 21.1. The molecule has 0 N–H and O–H groups in total. The Kier molecular flexibility index (Phi) is 5.80. The Labute approximate surface area is 148 Å². The zero-order chi connectivity index (χ0) is 16.9. The fourth-order valence-electron chi connectivity index (χ4n) is 3.52. The number of hydrogen-bond donors (Lipinski definition) is 0. The largest absolute Gasteiger partial charge is 0.299 e. The van der Waals surface area contributed by atoms with Gasteiger partial charge in [-0.25, -0.2) is 4.98 Å². The molecule has 1 aliphatic rings. The van der Waals surface area contributed by atoms with Crippen LogP contribution in [-0.2, 0) is 24.2 Å². The van der Waals surface area contributed by atoms with E-state index >= 15 is 0 Å². The minimum atomic E-state index is 0.179. The first-order valence-electron chi connectivity index (χ1n) is 8.90. The second kappa shape index (κ2) is 8.04. The fourth-order valence-corrected chi connectivity index (χ4v) is 4.59. The number of nitrogens with zero attached hydrogens (tertiary/aromatic N) is 2. The number of benzene rings is 1. The first kappa shape index (κ1) is 17.3. The smallest absolute Gasteiger partial charge is 0.141 e. The van der Waals surface area contributed by atoms with E-state index in [0.29, 0.717) is 12.2 Å². The van der Waals surface area contributed by atoms with Crippen molar-refractivity contribution < 1.29 is 4.79 Å². The summed E-state index contributed by atoms with van der Waals surface area (Å²) in [7, 11) is 0. The van der Waals surface area contributed by atoms with Gasteiger partial charge in [0.05, 0.1) is 10.7 Å². The summed E-state index contributed by atoms with van der Waals surface area (Å²) < 4.78 is 0. The molecule has 0 spiro atoms. The third-order valence-electron chi connectivity index (χ3n) is 4.77. The third kappa shape index (κ3) is 4.31. The number of carbonyl (C=O) groups is 1. The molecule has 1 fully saturated rings. The standard InChI is InChI=1S/C20H26N2OS/c1-3-18-20(24-15(2)21-18)14-22-11-7-10-17(13-22)19(23)12-16-8-5-4-6-9-16/h4-6,8-9,17H,3,7,10-14H2,1-2H3. The SMILES string of the molecule is CCc1nc(C)sc1CN1CCCC(C(=O)Cc2ccccc2)C1. The molecule has 1 aromatic heterocycles. The summed E-state index contributed by atoms with van der Waals surface area (Å²) in [5.74, 6) is 0.570. The molecular formula is C20H26N2OS. The highest BCUT2D eigenvalue weighted by Gasteiger charge is 2.26. The Bertz CT molecular complexity index is 680. The van der Waals surface area contributed by atoms with Gasteiger partial charge in [0.15, 0.2) is 0 Å². The number of aromatic nitrogens is 1. The molecule has 0 bridgehead atoms. The van der Waals surface area contributed by atoms with Crippen LogP contribution in [0.3, 0.4) is 0 Å². The Morgan fingerprint density at radius 1 is 1.33 bits per heavy atom. The van der Waals surface area contributed by atoms with Gasteiger partial charge >= 0.3 is 0 Å². The lowest BCUT2D eigenvalue weighted by atomic mass is 9.90. The molecule has 3 rings (SSSR count). The molecular weight excluding hydrogens is 316 g/mol. The molecule has 24 heavy (non-hydrogen) atoms. The van der Waals surface area contributed by atoms with Crippen LogP contribution in [0.2, 0.25) is 0 Å². The first-order valence-corrected chi connectivity index (χ1v) is 9.71. The average molecular weight is 343 g/mol. The lowest BCUT2D eigenvalue weighted by Crippen LogP contribution is -2.38. The normalized spacial score (nSPS) is 18.7. The second-order valence-electron chi connectivity index (χ2n) is 6.66. The van der Waals surface area contributed by atoms with E-state index in [1.54, 1.807) is 0 Å². The Balaban J connectivity index is 1.60. The van der Waals surface area contributed by atoms with Crippen LogP contribution in [0, 0.1) is 12.8 Å². The molecule has 1 unspecified atom stereocenters. The van der Waals surface area contributed by atoms with E-state index in [9.17, 15) is 4.79 Å². The van der Waals surface area contributed by atoms with E-state index in [-0.39, 0.29) is 5.92 Å². The van der Waals surface area contributed by atoms with E-state index < -0.39 is 0 Å². The predicted molar refractivity (Wildman–Crippen MR) is 99.4 cm³/mol. The molecule has 128 valence electrons. The van der Waals surface area contributed by atoms with E-state index in [1.165, 1.54) is 10.6 Å². The zero-order valence-electron chi connectivity index (χ0n) is 14.6. The van der Waals surface area contributed by atoms with Crippen molar-refractivity contribution in [3.8, 4) is 0 Å². The van der Waals surface area contributed by atoms with E-state index in [2.05, 4.69) is 23.7 Å². The summed E-state index contributed by atoms with van der Waals surface area (Å²) in [6, 6.07) is 10.1. The van der Waals surface area contributed by atoms with Crippen molar-refractivity contribution in [1.82, 2.24) is 9.88 Å². The fraction of sp³-hybridized carbons (Fsp3) is 0.500. The summed E-state index contributed by atoms with van der Waals surface area (Å²) >= 11 is 1.81. The zero-order valence-corrected chi connectivity index (χ0v) is 15.4. The maximum absolute atomic E-state index is 12.7. The van der Waals surface area contributed by atoms with Gasteiger partial charge < -0.3 is 0 Å². The summed E-state index contributed by atoms with van der Waals surface area (Å²) in [5.41, 5.74) is 2.36. The second-order valence-corrected chi connectivity index (χ2v) is 7.95. The molecule has 1 aromatic carbocycles. The van der Waals surface area contributed by atoms with Gasteiger partial charge in [0, 0.05) is 30.3 Å². The minimum Gasteiger partial charge on any atom is -0.299 e. The van der Waals surface area contributed by atoms with Crippen molar-refractivity contribution in [3.05, 3.63) is 51.5 Å². The molecule has 4 heteroatoms. The topological polar surface area (TPSA) is 33.2 Å². The van der Waals surface area contributed by atoms with E-state index in [4.69, 9.17) is 0 Å². The highest BCUT2D eigenvalue weighted by Crippen LogP contribution is 2.25. The highest BCUT2D eigenvalue weighted by atomic mass is 32.1. The minimum absolute atomic E-state index is 0.179. The molecule has 0 amide bonds. The average Bonchev–Trinajstić information content (AvgIpc) is 2.95. The van der Waals surface area contributed by atoms with Crippen molar-refractivity contribution in [2.24, 2.45) is 5.92 Å². The van der Waals surface area contributed by atoms with Crippen molar-refractivity contribution in [1.29, 1.82) is 0 Å². The lowest BCUT2D eigenvalue weighted by molar-refractivity contribution is -0.123. The van der Waals surface area contributed by atoms with Gasteiger partial charge in [-0.3, -0.25) is 9.69 Å². The van der Waals surface area contributed by atoms with Crippen molar-refractivity contribution in [3.63, 3.8) is 0 Å². The molecule has 1 atom stereocenters. The number of ketones is 1. The van der Waals surface area contributed by atoms with Gasteiger partial charge in [0.2, 0.25) is 0 Å². The van der Waals surface area contributed by atoms with Gasteiger partial charge in [-0.1, -0.05) is 37.3 Å². The summed E-state index contributed by atoms with van der Waals surface area (Å²) in [6.45, 7) is 7.18. The number of aryl methyl sites for hydroxylation is 2. The first-order chi connectivity index (χ1) is 11.7. The summed E-state index contributed by atoms with van der Waals surface area (Å²) in [6.07, 6.45) is 3.71. The molecule has 2 aromatic rings. The van der Waals surface area contributed by atoms with Crippen LogP contribution in [0.5, 0.6) is 0 Å². The summed E-state index contributed by atoms with van der Waals surface area (Å²) in [5, 5.41) is 1.15. The van der Waals surface area contributed by atoms with E-state index in [0.717, 1.165) is 49.5 Å². The van der Waals surface area contributed by atoms with Crippen molar-refractivity contribution >= 4 is 17.1 Å². The number of thiazole rings is 1. The molecule has 0 saturated carbocycles. The molecule has 0 radical (unpaired) electrons. The molecule has 1 aliphatic heterocycles. The predicted octanol–water partition coefficient (Wildman–Crippen LogP) is 4.04.